The molecule has 0 amide bonds. The Morgan fingerprint density at radius 1 is 1.36 bits per heavy atom. The van der Waals surface area contributed by atoms with Gasteiger partial charge in [-0.3, -0.25) is 0 Å². The van der Waals surface area contributed by atoms with Crippen LogP contribution in [0.4, 0.5) is 0 Å². The van der Waals surface area contributed by atoms with Crippen molar-refractivity contribution in [3.05, 3.63) is 0 Å². The van der Waals surface area contributed by atoms with Crippen LogP contribution in [0.2, 0.25) is 0 Å². The summed E-state index contributed by atoms with van der Waals surface area (Å²) in [5.41, 5.74) is 5.03. The van der Waals surface area contributed by atoms with Gasteiger partial charge in [0, 0.05) is 0 Å². The van der Waals surface area contributed by atoms with Crippen LogP contribution in [0, 0.1) is 0 Å². The Hall–Kier alpha value is -0.650. The molecule has 11 heavy (non-hydrogen) atoms. The number of hydrogen-bond acceptors (Lipinski definition) is 5. The number of nitrogens with two attached hydrogens (primary N) is 1. The minimum absolute atomic E-state index is 0.0373. The Bertz CT molecular complexity index is 107. The van der Waals surface area contributed by atoms with E-state index in [-0.39, 0.29) is 13.3 Å². The van der Waals surface area contributed by atoms with Gasteiger partial charge in [0.05, 0.1) is 27.1 Å². The molecule has 0 aliphatic rings. The van der Waals surface area contributed by atoms with Gasteiger partial charge in [-0.05, 0) is 0 Å². The average molecular weight is 163 g/mol. The molecule has 0 atom stereocenters. The summed E-state index contributed by atoms with van der Waals surface area (Å²) in [5, 5.41) is 0. The van der Waals surface area contributed by atoms with Crippen LogP contribution in [0.5, 0.6) is 0 Å². The molecule has 0 aliphatic heterocycles. The standard InChI is InChI=1S/C6H13NO4/c1-9-6(8)4-10-2-3-11-5-7/h2-5,7H2,1H3. The summed E-state index contributed by atoms with van der Waals surface area (Å²) in [6.07, 6.45) is 0. The van der Waals surface area contributed by atoms with Gasteiger partial charge in [-0.15, -0.1) is 0 Å². The first kappa shape index (κ1) is 10.3. The molecular weight excluding hydrogens is 150 g/mol. The lowest BCUT2D eigenvalue weighted by atomic mass is 10.7. The lowest BCUT2D eigenvalue weighted by molar-refractivity contribution is -0.146. The van der Waals surface area contributed by atoms with Gasteiger partial charge in [0.25, 0.3) is 0 Å². The Labute approximate surface area is 65.4 Å². The van der Waals surface area contributed by atoms with Gasteiger partial charge in [-0.25, -0.2) is 4.79 Å². The fraction of sp³-hybridized carbons (Fsp3) is 0.833. The molecule has 0 fully saturated rings. The zero-order chi connectivity index (χ0) is 8.53. The Kier molecular flexibility index (Phi) is 7.02. The zero-order valence-electron chi connectivity index (χ0n) is 6.54. The van der Waals surface area contributed by atoms with E-state index in [1.165, 1.54) is 7.11 Å². The number of carbonyl (C=O) groups excluding carboxylic acids is 1. The van der Waals surface area contributed by atoms with Crippen LogP contribution in [0.3, 0.4) is 0 Å². The van der Waals surface area contributed by atoms with E-state index in [0.29, 0.717) is 13.2 Å². The van der Waals surface area contributed by atoms with Crippen molar-refractivity contribution in [2.45, 2.75) is 0 Å². The molecule has 0 rings (SSSR count). The van der Waals surface area contributed by atoms with Crippen molar-refractivity contribution in [2.75, 3.05) is 33.7 Å². The largest absolute Gasteiger partial charge is 0.467 e. The molecule has 0 saturated carbocycles. The summed E-state index contributed by atoms with van der Waals surface area (Å²) in [4.78, 5) is 10.4. The highest BCUT2D eigenvalue weighted by atomic mass is 16.6. The molecule has 0 aromatic heterocycles. The number of carbonyl (C=O) groups is 1. The second-order valence-corrected chi connectivity index (χ2v) is 1.70. The monoisotopic (exact) mass is 163 g/mol. The maximum Gasteiger partial charge on any atom is 0.331 e. The maximum absolute atomic E-state index is 10.4. The number of hydrogen-bond donors (Lipinski definition) is 1. The number of rotatable bonds is 6. The first-order valence-electron chi connectivity index (χ1n) is 3.23. The lowest BCUT2D eigenvalue weighted by Crippen LogP contribution is -2.15. The van der Waals surface area contributed by atoms with Gasteiger partial charge >= 0.3 is 5.97 Å². The Morgan fingerprint density at radius 3 is 2.55 bits per heavy atom. The van der Waals surface area contributed by atoms with Gasteiger partial charge in [0.1, 0.15) is 6.61 Å². The van der Waals surface area contributed by atoms with Crippen LogP contribution in [0.25, 0.3) is 0 Å². The maximum atomic E-state index is 10.4. The van der Waals surface area contributed by atoms with Crippen LogP contribution >= 0.6 is 0 Å². The topological polar surface area (TPSA) is 70.8 Å². The second kappa shape index (κ2) is 7.46. The van der Waals surface area contributed by atoms with Crippen molar-refractivity contribution in [2.24, 2.45) is 5.73 Å². The number of ether oxygens (including phenoxy) is 3. The molecule has 0 aliphatic carbocycles. The van der Waals surface area contributed by atoms with E-state index in [0.717, 1.165) is 0 Å². The lowest BCUT2D eigenvalue weighted by Gasteiger charge is -2.01. The van der Waals surface area contributed by atoms with E-state index < -0.39 is 5.97 Å². The van der Waals surface area contributed by atoms with E-state index in [1.54, 1.807) is 0 Å². The van der Waals surface area contributed by atoms with Crippen LogP contribution in [0.1, 0.15) is 0 Å². The minimum atomic E-state index is -0.391. The quantitative estimate of drug-likeness (QED) is 0.312. The van der Waals surface area contributed by atoms with E-state index >= 15 is 0 Å². The predicted molar refractivity (Wildman–Crippen MR) is 37.8 cm³/mol. The molecule has 0 saturated heterocycles. The summed E-state index contributed by atoms with van der Waals surface area (Å²) < 4.78 is 13.9. The molecule has 0 radical (unpaired) electrons. The van der Waals surface area contributed by atoms with E-state index in [1.807, 2.05) is 0 Å². The first-order chi connectivity index (χ1) is 5.31. The summed E-state index contributed by atoms with van der Waals surface area (Å²) in [6.45, 7) is 0.881. The fourth-order valence-electron chi connectivity index (χ4n) is 0.416. The molecule has 5 heteroatoms. The molecular formula is C6H13NO4. The number of esters is 1. The highest BCUT2D eigenvalue weighted by Gasteiger charge is 1.97. The van der Waals surface area contributed by atoms with Gasteiger partial charge in [0.2, 0.25) is 0 Å². The Morgan fingerprint density at radius 2 is 2.00 bits per heavy atom. The summed E-state index contributed by atoms with van der Waals surface area (Å²) in [5.74, 6) is -0.391. The highest BCUT2D eigenvalue weighted by molar-refractivity contribution is 5.70. The van der Waals surface area contributed by atoms with E-state index in [9.17, 15) is 4.79 Å². The molecule has 0 bridgehead atoms. The molecule has 2 N–H and O–H groups in total. The van der Waals surface area contributed by atoms with Crippen LogP contribution in [-0.2, 0) is 19.0 Å². The first-order valence-corrected chi connectivity index (χ1v) is 3.23. The number of methoxy groups -OCH3 is 1. The van der Waals surface area contributed by atoms with Gasteiger partial charge in [0.15, 0.2) is 0 Å². The predicted octanol–water partition coefficient (Wildman–Crippen LogP) is -0.891. The van der Waals surface area contributed by atoms with Gasteiger partial charge < -0.3 is 19.9 Å². The minimum Gasteiger partial charge on any atom is -0.467 e. The molecule has 0 aromatic carbocycles. The summed E-state index contributed by atoms with van der Waals surface area (Å²) in [7, 11) is 1.31. The van der Waals surface area contributed by atoms with Crippen molar-refractivity contribution in [1.29, 1.82) is 0 Å². The summed E-state index contributed by atoms with van der Waals surface area (Å²) in [6, 6.07) is 0. The highest BCUT2D eigenvalue weighted by Crippen LogP contribution is 1.79. The van der Waals surface area contributed by atoms with Crippen molar-refractivity contribution in [3.63, 3.8) is 0 Å². The average Bonchev–Trinajstić information content (AvgIpc) is 2.04. The van der Waals surface area contributed by atoms with Crippen molar-refractivity contribution >= 4 is 5.97 Å². The molecule has 0 unspecified atom stereocenters. The molecule has 0 heterocycles. The third kappa shape index (κ3) is 7.24. The molecule has 0 spiro atoms. The van der Waals surface area contributed by atoms with Crippen molar-refractivity contribution in [3.8, 4) is 0 Å². The normalized spacial score (nSPS) is 9.64. The molecule has 66 valence electrons. The third-order valence-corrected chi connectivity index (χ3v) is 0.937. The van der Waals surface area contributed by atoms with Gasteiger partial charge in [-0.2, -0.15) is 0 Å². The summed E-state index contributed by atoms with van der Waals surface area (Å²) >= 11 is 0. The van der Waals surface area contributed by atoms with Gasteiger partial charge in [-0.1, -0.05) is 0 Å². The van der Waals surface area contributed by atoms with Crippen LogP contribution in [-0.4, -0.2) is 39.6 Å². The zero-order valence-corrected chi connectivity index (χ0v) is 6.54. The van der Waals surface area contributed by atoms with Crippen molar-refractivity contribution < 1.29 is 19.0 Å². The van der Waals surface area contributed by atoms with Crippen LogP contribution < -0.4 is 5.73 Å². The molecule has 5 nitrogen and oxygen atoms in total. The SMILES string of the molecule is COC(=O)COCCOCN. The third-order valence-electron chi connectivity index (χ3n) is 0.937. The smallest absolute Gasteiger partial charge is 0.331 e. The molecule has 0 aromatic rings. The van der Waals surface area contributed by atoms with E-state index in [4.69, 9.17) is 15.2 Å². The van der Waals surface area contributed by atoms with Crippen LogP contribution in [0.15, 0.2) is 0 Å². The second-order valence-electron chi connectivity index (χ2n) is 1.70. The Balaban J connectivity index is 2.95. The van der Waals surface area contributed by atoms with Crippen molar-refractivity contribution in [1.82, 2.24) is 0 Å². The van der Waals surface area contributed by atoms with E-state index in [2.05, 4.69) is 4.74 Å². The fourth-order valence-corrected chi connectivity index (χ4v) is 0.416.